The van der Waals surface area contributed by atoms with Crippen molar-refractivity contribution in [1.82, 2.24) is 15.3 Å². The lowest BCUT2D eigenvalue weighted by atomic mass is 9.78. The minimum Gasteiger partial charge on any atom is -0.368 e. The third-order valence-corrected chi connectivity index (χ3v) is 5.66. The Morgan fingerprint density at radius 3 is 2.83 bits per heavy atom. The second kappa shape index (κ2) is 6.31. The van der Waals surface area contributed by atoms with Crippen LogP contribution in [-0.2, 0) is 9.53 Å². The van der Waals surface area contributed by atoms with Crippen LogP contribution in [0.1, 0.15) is 44.1 Å². The Morgan fingerprint density at radius 2 is 2.12 bits per heavy atom. The summed E-state index contributed by atoms with van der Waals surface area (Å²) >= 11 is 0. The monoisotopic (exact) mass is 330 g/mol. The van der Waals surface area contributed by atoms with Crippen molar-refractivity contribution >= 4 is 11.9 Å². The molecular weight excluding hydrogens is 304 g/mol. The number of ether oxygens (including phenoxy) is 1. The van der Waals surface area contributed by atoms with Gasteiger partial charge < -0.3 is 15.0 Å². The van der Waals surface area contributed by atoms with E-state index < -0.39 is 0 Å². The zero-order valence-electron chi connectivity index (χ0n) is 14.3. The standard InChI is InChI=1S/C18H26N4O2/c1-13-9-19-17(20-10-13)22-7-3-6-18(11-22)8-15(24-12-18)16(23)21-14-4-2-5-14/h9-10,14-15H,2-8,11-12H2,1H3,(H,21,23). The van der Waals surface area contributed by atoms with Gasteiger partial charge in [0, 0.05) is 36.9 Å². The van der Waals surface area contributed by atoms with Crippen LogP contribution in [0.25, 0.3) is 0 Å². The van der Waals surface area contributed by atoms with Crippen LogP contribution >= 0.6 is 0 Å². The molecule has 1 saturated carbocycles. The Bertz CT molecular complexity index is 602. The lowest BCUT2D eigenvalue weighted by Crippen LogP contribution is -2.46. The lowest BCUT2D eigenvalue weighted by Gasteiger charge is -2.39. The van der Waals surface area contributed by atoms with Gasteiger partial charge in [0.25, 0.3) is 0 Å². The van der Waals surface area contributed by atoms with Crippen molar-refractivity contribution < 1.29 is 9.53 Å². The molecule has 2 aliphatic heterocycles. The number of piperidine rings is 1. The summed E-state index contributed by atoms with van der Waals surface area (Å²) in [6, 6.07) is 0.376. The maximum atomic E-state index is 12.4. The highest BCUT2D eigenvalue weighted by Crippen LogP contribution is 2.41. The highest BCUT2D eigenvalue weighted by Gasteiger charge is 2.46. The molecule has 2 unspecified atom stereocenters. The summed E-state index contributed by atoms with van der Waals surface area (Å²) in [6.45, 7) is 4.52. The van der Waals surface area contributed by atoms with Gasteiger partial charge >= 0.3 is 0 Å². The third-order valence-electron chi connectivity index (χ3n) is 5.66. The second-order valence-electron chi connectivity index (χ2n) is 7.73. The highest BCUT2D eigenvalue weighted by molar-refractivity contribution is 5.81. The smallest absolute Gasteiger partial charge is 0.249 e. The number of hydrogen-bond acceptors (Lipinski definition) is 5. The van der Waals surface area contributed by atoms with Crippen LogP contribution in [0.4, 0.5) is 5.95 Å². The maximum Gasteiger partial charge on any atom is 0.249 e. The lowest BCUT2D eigenvalue weighted by molar-refractivity contribution is -0.131. The topological polar surface area (TPSA) is 67.4 Å². The van der Waals surface area contributed by atoms with Gasteiger partial charge in [-0.15, -0.1) is 0 Å². The van der Waals surface area contributed by atoms with Crippen LogP contribution in [-0.4, -0.2) is 47.7 Å². The molecule has 24 heavy (non-hydrogen) atoms. The number of anilines is 1. The molecule has 1 aromatic heterocycles. The molecule has 0 radical (unpaired) electrons. The summed E-state index contributed by atoms with van der Waals surface area (Å²) in [5.41, 5.74) is 1.14. The Kier molecular flexibility index (Phi) is 4.16. The van der Waals surface area contributed by atoms with Crippen molar-refractivity contribution in [2.24, 2.45) is 5.41 Å². The van der Waals surface area contributed by atoms with Gasteiger partial charge in [-0.2, -0.15) is 0 Å². The molecule has 2 atom stereocenters. The zero-order chi connectivity index (χ0) is 16.6. The van der Waals surface area contributed by atoms with E-state index in [4.69, 9.17) is 4.74 Å². The van der Waals surface area contributed by atoms with E-state index in [0.717, 1.165) is 56.7 Å². The first-order valence-electron chi connectivity index (χ1n) is 9.09. The molecule has 6 heteroatoms. The quantitative estimate of drug-likeness (QED) is 0.916. The average molecular weight is 330 g/mol. The van der Waals surface area contributed by atoms with Gasteiger partial charge in [0.1, 0.15) is 6.10 Å². The number of nitrogens with zero attached hydrogens (tertiary/aromatic N) is 3. The molecule has 3 heterocycles. The Labute approximate surface area is 143 Å². The minimum absolute atomic E-state index is 0.0636. The summed E-state index contributed by atoms with van der Waals surface area (Å²) in [6.07, 6.45) is 9.92. The predicted octanol–water partition coefficient (Wildman–Crippen LogP) is 1.83. The normalized spacial score (nSPS) is 30.4. The van der Waals surface area contributed by atoms with Crippen LogP contribution in [0.2, 0.25) is 0 Å². The fraction of sp³-hybridized carbons (Fsp3) is 0.722. The first-order valence-corrected chi connectivity index (χ1v) is 9.09. The highest BCUT2D eigenvalue weighted by atomic mass is 16.5. The van der Waals surface area contributed by atoms with Crippen molar-refractivity contribution in [1.29, 1.82) is 0 Å². The van der Waals surface area contributed by atoms with Crippen LogP contribution in [0, 0.1) is 12.3 Å². The van der Waals surface area contributed by atoms with E-state index in [-0.39, 0.29) is 17.4 Å². The molecule has 6 nitrogen and oxygen atoms in total. The number of carbonyl (C=O) groups excluding carboxylic acids is 1. The van der Waals surface area contributed by atoms with Crippen molar-refractivity contribution in [2.75, 3.05) is 24.6 Å². The molecule has 1 spiro atoms. The van der Waals surface area contributed by atoms with Gasteiger partial charge in [0.15, 0.2) is 0 Å². The predicted molar refractivity (Wildman–Crippen MR) is 90.8 cm³/mol. The zero-order valence-corrected chi connectivity index (χ0v) is 14.3. The first-order chi connectivity index (χ1) is 11.6. The van der Waals surface area contributed by atoms with Crippen molar-refractivity contribution in [3.63, 3.8) is 0 Å². The molecule has 0 aromatic carbocycles. The van der Waals surface area contributed by atoms with Gasteiger partial charge in [-0.1, -0.05) is 0 Å². The van der Waals surface area contributed by atoms with E-state index in [0.29, 0.717) is 12.6 Å². The number of aromatic nitrogens is 2. The molecule has 1 amide bonds. The number of amides is 1. The van der Waals surface area contributed by atoms with E-state index >= 15 is 0 Å². The molecule has 0 bridgehead atoms. The molecule has 3 aliphatic rings. The third kappa shape index (κ3) is 3.11. The molecular formula is C18H26N4O2. The molecule has 2 saturated heterocycles. The first kappa shape index (κ1) is 15.8. The summed E-state index contributed by atoms with van der Waals surface area (Å²) in [5, 5.41) is 3.13. The van der Waals surface area contributed by atoms with E-state index in [1.807, 2.05) is 19.3 Å². The van der Waals surface area contributed by atoms with E-state index in [2.05, 4.69) is 20.2 Å². The van der Waals surface area contributed by atoms with Crippen molar-refractivity contribution in [2.45, 2.75) is 57.6 Å². The second-order valence-corrected chi connectivity index (χ2v) is 7.73. The number of aryl methyl sites for hydroxylation is 1. The molecule has 4 rings (SSSR count). The molecule has 3 fully saturated rings. The average Bonchev–Trinajstić information content (AvgIpc) is 2.95. The molecule has 1 aromatic rings. The summed E-state index contributed by atoms with van der Waals surface area (Å²) < 4.78 is 5.90. The molecule has 130 valence electrons. The number of nitrogens with one attached hydrogen (secondary N) is 1. The summed E-state index contributed by atoms with van der Waals surface area (Å²) in [4.78, 5) is 23.6. The fourth-order valence-electron chi connectivity index (χ4n) is 4.02. The van der Waals surface area contributed by atoms with E-state index in [1.165, 1.54) is 6.42 Å². The van der Waals surface area contributed by atoms with Crippen molar-refractivity contribution in [3.8, 4) is 0 Å². The maximum absolute atomic E-state index is 12.4. The van der Waals surface area contributed by atoms with Gasteiger partial charge in [-0.3, -0.25) is 4.79 Å². The Hall–Kier alpha value is -1.69. The molecule has 1 aliphatic carbocycles. The summed E-state index contributed by atoms with van der Waals surface area (Å²) in [7, 11) is 0. The van der Waals surface area contributed by atoms with E-state index in [1.54, 1.807) is 0 Å². The number of rotatable bonds is 3. The van der Waals surface area contributed by atoms with Gasteiger partial charge in [-0.05, 0) is 51.0 Å². The van der Waals surface area contributed by atoms with Gasteiger partial charge in [0.05, 0.1) is 6.61 Å². The van der Waals surface area contributed by atoms with Crippen LogP contribution < -0.4 is 10.2 Å². The van der Waals surface area contributed by atoms with E-state index in [9.17, 15) is 4.79 Å². The Morgan fingerprint density at radius 1 is 1.33 bits per heavy atom. The molecule has 1 N–H and O–H groups in total. The Balaban J connectivity index is 1.39. The van der Waals surface area contributed by atoms with Crippen LogP contribution in [0.15, 0.2) is 12.4 Å². The van der Waals surface area contributed by atoms with Gasteiger partial charge in [0.2, 0.25) is 11.9 Å². The van der Waals surface area contributed by atoms with Gasteiger partial charge in [-0.25, -0.2) is 9.97 Å². The number of hydrogen-bond donors (Lipinski definition) is 1. The number of carbonyl (C=O) groups is 1. The largest absolute Gasteiger partial charge is 0.368 e. The van der Waals surface area contributed by atoms with Crippen molar-refractivity contribution in [3.05, 3.63) is 18.0 Å². The SMILES string of the molecule is Cc1cnc(N2CCCC3(COC(C(=O)NC4CCC4)C3)C2)nc1. The fourth-order valence-corrected chi connectivity index (χ4v) is 4.02. The van der Waals surface area contributed by atoms with Crippen LogP contribution in [0.5, 0.6) is 0 Å². The van der Waals surface area contributed by atoms with Crippen LogP contribution in [0.3, 0.4) is 0 Å². The summed E-state index contributed by atoms with van der Waals surface area (Å²) in [5.74, 6) is 0.877. The minimum atomic E-state index is -0.288.